The maximum atomic E-state index is 11.5. The second-order valence-corrected chi connectivity index (χ2v) is 6.25. The Morgan fingerprint density at radius 2 is 1.30 bits per heavy atom. The van der Waals surface area contributed by atoms with Crippen molar-refractivity contribution in [2.45, 2.75) is 89.0 Å². The van der Waals surface area contributed by atoms with Crippen molar-refractivity contribution in [3.63, 3.8) is 0 Å². The molecule has 0 aliphatic carbocycles. The summed E-state index contributed by atoms with van der Waals surface area (Å²) >= 11 is 0. The monoisotopic (exact) mass is 378 g/mol. The van der Waals surface area contributed by atoms with Crippen molar-refractivity contribution >= 4 is 11.6 Å². The van der Waals surface area contributed by atoms with E-state index in [1.54, 1.807) is 13.0 Å². The van der Waals surface area contributed by atoms with Crippen molar-refractivity contribution in [3.8, 4) is 0 Å². The highest BCUT2D eigenvalue weighted by Crippen LogP contribution is 2.17. The van der Waals surface area contributed by atoms with Gasteiger partial charge in [0.05, 0.1) is 0 Å². The number of rotatable bonds is 9. The maximum Gasteiger partial charge on any atom is 0.154 e. The largest absolute Gasteiger partial charge is 0.363 e. The predicted molar refractivity (Wildman–Crippen MR) is 119 cm³/mol. The average molecular weight is 379 g/mol. The topological polar surface area (TPSA) is 58.2 Å². The number of carbonyl (C=O) groups is 2. The quantitative estimate of drug-likeness (QED) is 0.470. The molecule has 0 spiro atoms. The summed E-state index contributed by atoms with van der Waals surface area (Å²) in [5.41, 5.74) is 5.60. The lowest BCUT2D eigenvalue weighted by molar-refractivity contribution is -0.116. The Hall–Kier alpha value is -2.10. The van der Waals surface area contributed by atoms with E-state index >= 15 is 0 Å². The van der Waals surface area contributed by atoms with Crippen LogP contribution in [0.4, 0.5) is 0 Å². The molecule has 2 N–H and O–H groups in total. The van der Waals surface area contributed by atoms with Gasteiger partial charge in [-0.15, -0.1) is 0 Å². The predicted octanol–water partition coefficient (Wildman–Crippen LogP) is 6.18. The summed E-state index contributed by atoms with van der Waals surface area (Å²) in [6.07, 6.45) is 2.48. The van der Waals surface area contributed by atoms with Gasteiger partial charge in [0.2, 0.25) is 0 Å². The summed E-state index contributed by atoms with van der Waals surface area (Å²) in [6.45, 7) is 24.7. The first-order chi connectivity index (χ1) is 12.5. The van der Waals surface area contributed by atoms with Crippen molar-refractivity contribution in [3.05, 3.63) is 46.6 Å². The maximum absolute atomic E-state index is 11.5. The number of hydrogen-bond acceptors (Lipinski definition) is 4. The zero-order valence-corrected chi connectivity index (χ0v) is 19.5. The van der Waals surface area contributed by atoms with Gasteiger partial charge in [-0.2, -0.15) is 0 Å². The highest BCUT2D eigenvalue weighted by molar-refractivity contribution is 5.88. The van der Waals surface area contributed by atoms with E-state index in [4.69, 9.17) is 0 Å². The SMILES string of the molecule is C=C(C)N/C(C/C(=C\C(C)=O)NC(C)=C(C)C)=C(/C)CC(C)=O.CC.CC. The van der Waals surface area contributed by atoms with Crippen LogP contribution in [0.3, 0.4) is 0 Å². The minimum absolute atomic E-state index is 0.0204. The van der Waals surface area contributed by atoms with Crippen molar-refractivity contribution in [2.24, 2.45) is 0 Å². The van der Waals surface area contributed by atoms with Crippen molar-refractivity contribution < 1.29 is 9.59 Å². The number of ketones is 2. The van der Waals surface area contributed by atoms with Gasteiger partial charge in [-0.3, -0.25) is 9.59 Å². The Morgan fingerprint density at radius 3 is 1.63 bits per heavy atom. The fourth-order valence-electron chi connectivity index (χ4n) is 1.97. The van der Waals surface area contributed by atoms with Crippen LogP contribution in [0.2, 0.25) is 0 Å². The van der Waals surface area contributed by atoms with Crippen LogP contribution < -0.4 is 10.6 Å². The molecule has 0 rings (SSSR count). The molecule has 0 atom stereocenters. The summed E-state index contributed by atoms with van der Waals surface area (Å²) in [6, 6.07) is 0. The molecule has 0 unspecified atom stereocenters. The molecule has 0 saturated heterocycles. The number of allylic oxidation sites excluding steroid dienone is 5. The first-order valence-corrected chi connectivity index (χ1v) is 9.75. The number of Topliss-reactive ketones (excluding diaryl/α,β-unsaturated/α-hetero) is 1. The van der Waals surface area contributed by atoms with Gasteiger partial charge in [0.25, 0.3) is 0 Å². The lowest BCUT2D eigenvalue weighted by Crippen LogP contribution is -2.19. The van der Waals surface area contributed by atoms with E-state index in [1.165, 1.54) is 6.92 Å². The van der Waals surface area contributed by atoms with Gasteiger partial charge in [0.15, 0.2) is 5.78 Å². The second kappa shape index (κ2) is 17.3. The lowest BCUT2D eigenvalue weighted by Gasteiger charge is -2.18. The smallest absolute Gasteiger partial charge is 0.154 e. The van der Waals surface area contributed by atoms with E-state index in [1.807, 2.05) is 62.3 Å². The molecular formula is C23H42N2O2. The normalized spacial score (nSPS) is 10.9. The highest BCUT2D eigenvalue weighted by Gasteiger charge is 2.10. The average Bonchev–Trinajstić information content (AvgIpc) is 2.56. The molecular weight excluding hydrogens is 336 g/mol. The van der Waals surface area contributed by atoms with Crippen LogP contribution in [0.5, 0.6) is 0 Å². The van der Waals surface area contributed by atoms with Crippen molar-refractivity contribution in [2.75, 3.05) is 0 Å². The van der Waals surface area contributed by atoms with E-state index < -0.39 is 0 Å². The molecule has 0 aromatic rings. The highest BCUT2D eigenvalue weighted by atomic mass is 16.1. The number of carbonyl (C=O) groups excluding carboxylic acids is 2. The summed E-state index contributed by atoms with van der Waals surface area (Å²) in [5.74, 6) is 0.0852. The Bertz CT molecular complexity index is 575. The van der Waals surface area contributed by atoms with Gasteiger partial charge < -0.3 is 10.6 Å². The molecule has 0 aliphatic heterocycles. The van der Waals surface area contributed by atoms with Gasteiger partial charge >= 0.3 is 0 Å². The molecule has 0 fully saturated rings. The lowest BCUT2D eigenvalue weighted by atomic mass is 10.0. The molecule has 0 aliphatic rings. The standard InChI is InChI=1S/C19H30N2O2.2C2H6/c1-12(2)17(8)21-18(10-16(7)23)11-19(20-13(3)4)14(5)9-15(6)22;2*1-2/h10,20-21H,3,9,11H2,1-2,4-8H3;2*1-2H3/b18-10+,19-14-;;. The fourth-order valence-corrected chi connectivity index (χ4v) is 1.97. The molecule has 0 radical (unpaired) electrons. The van der Waals surface area contributed by atoms with E-state index in [-0.39, 0.29) is 11.6 Å². The first kappa shape index (κ1) is 29.7. The molecule has 27 heavy (non-hydrogen) atoms. The number of hydrogen-bond donors (Lipinski definition) is 2. The Labute approximate surface area is 167 Å². The third-order valence-corrected chi connectivity index (χ3v) is 3.24. The van der Waals surface area contributed by atoms with Crippen LogP contribution in [-0.2, 0) is 9.59 Å². The molecule has 0 amide bonds. The van der Waals surface area contributed by atoms with Crippen LogP contribution in [0.1, 0.15) is 89.0 Å². The third kappa shape index (κ3) is 17.1. The molecule has 0 aromatic heterocycles. The molecule has 156 valence electrons. The van der Waals surface area contributed by atoms with Gasteiger partial charge in [-0.25, -0.2) is 0 Å². The van der Waals surface area contributed by atoms with Crippen molar-refractivity contribution in [1.82, 2.24) is 10.6 Å². The molecule has 0 bridgehead atoms. The molecule has 0 aromatic carbocycles. The fraction of sp³-hybridized carbons (Fsp3) is 0.565. The molecule has 4 heteroatoms. The van der Waals surface area contributed by atoms with Crippen molar-refractivity contribution in [1.29, 1.82) is 0 Å². The van der Waals surface area contributed by atoms with Crippen LogP contribution in [0.25, 0.3) is 0 Å². The Kier molecular flexibility index (Phi) is 19.0. The molecule has 4 nitrogen and oxygen atoms in total. The van der Waals surface area contributed by atoms with E-state index in [0.717, 1.165) is 33.9 Å². The summed E-state index contributed by atoms with van der Waals surface area (Å²) < 4.78 is 0. The van der Waals surface area contributed by atoms with Crippen LogP contribution in [0.15, 0.2) is 46.6 Å². The van der Waals surface area contributed by atoms with Crippen LogP contribution >= 0.6 is 0 Å². The summed E-state index contributed by atoms with van der Waals surface area (Å²) in [7, 11) is 0. The second-order valence-electron chi connectivity index (χ2n) is 6.25. The van der Waals surface area contributed by atoms with Gasteiger partial charge in [-0.05, 0) is 54.0 Å². The van der Waals surface area contributed by atoms with E-state index in [9.17, 15) is 9.59 Å². The Balaban J connectivity index is -0.00000134. The minimum Gasteiger partial charge on any atom is -0.363 e. The zero-order chi connectivity index (χ0) is 22.2. The Morgan fingerprint density at radius 1 is 0.815 bits per heavy atom. The van der Waals surface area contributed by atoms with Crippen LogP contribution in [0, 0.1) is 0 Å². The third-order valence-electron chi connectivity index (χ3n) is 3.24. The zero-order valence-electron chi connectivity index (χ0n) is 19.5. The van der Waals surface area contributed by atoms with Gasteiger partial charge in [0.1, 0.15) is 5.78 Å². The molecule has 0 saturated carbocycles. The van der Waals surface area contributed by atoms with Gasteiger partial charge in [0, 0.05) is 41.7 Å². The van der Waals surface area contributed by atoms with E-state index in [2.05, 4.69) is 17.2 Å². The number of nitrogens with one attached hydrogen (secondary N) is 2. The van der Waals surface area contributed by atoms with Crippen LogP contribution in [-0.4, -0.2) is 11.6 Å². The first-order valence-electron chi connectivity index (χ1n) is 9.75. The molecule has 0 heterocycles. The van der Waals surface area contributed by atoms with E-state index in [0.29, 0.717) is 12.8 Å². The van der Waals surface area contributed by atoms with Gasteiger partial charge in [-0.1, -0.05) is 39.8 Å². The summed E-state index contributed by atoms with van der Waals surface area (Å²) in [5, 5.41) is 6.51. The minimum atomic E-state index is -0.0204. The summed E-state index contributed by atoms with van der Waals surface area (Å²) in [4.78, 5) is 22.9.